The zero-order valence-corrected chi connectivity index (χ0v) is 12.0. The highest BCUT2D eigenvalue weighted by Gasteiger charge is 2.33. The number of hydrogen-bond donors (Lipinski definition) is 0. The molecule has 0 unspecified atom stereocenters. The molecule has 21 heavy (non-hydrogen) atoms. The van der Waals surface area contributed by atoms with E-state index in [0.29, 0.717) is 5.16 Å². The van der Waals surface area contributed by atoms with E-state index in [4.69, 9.17) is 0 Å². The molecule has 1 aliphatic heterocycles. The monoisotopic (exact) mass is 304 g/mol. The first-order valence-corrected chi connectivity index (χ1v) is 7.17. The molecule has 3 rings (SSSR count). The Morgan fingerprint density at radius 3 is 2.67 bits per heavy atom. The number of benzene rings is 1. The van der Waals surface area contributed by atoms with Gasteiger partial charge in [0.1, 0.15) is 6.54 Å². The van der Waals surface area contributed by atoms with Crippen molar-refractivity contribution < 1.29 is 9.59 Å². The average molecular weight is 304 g/mol. The summed E-state index contributed by atoms with van der Waals surface area (Å²) in [6.07, 6.45) is 0. The minimum Gasteiger partial charge on any atom is -0.318 e. The Morgan fingerprint density at radius 2 is 2.00 bits per heavy atom. The van der Waals surface area contributed by atoms with Crippen molar-refractivity contribution in [1.29, 1.82) is 0 Å². The summed E-state index contributed by atoms with van der Waals surface area (Å²) in [5.74, 6) is -0.0244. The van der Waals surface area contributed by atoms with Gasteiger partial charge in [0.2, 0.25) is 5.16 Å². The van der Waals surface area contributed by atoms with Crippen LogP contribution in [0.1, 0.15) is 0 Å². The van der Waals surface area contributed by atoms with E-state index in [1.165, 1.54) is 21.6 Å². The van der Waals surface area contributed by atoms with Crippen LogP contribution in [0.15, 0.2) is 35.5 Å². The van der Waals surface area contributed by atoms with Crippen LogP contribution in [0, 0.1) is 0 Å². The van der Waals surface area contributed by atoms with E-state index in [1.807, 2.05) is 30.3 Å². The van der Waals surface area contributed by atoms with Crippen LogP contribution in [0.3, 0.4) is 0 Å². The van der Waals surface area contributed by atoms with E-state index in [2.05, 4.69) is 15.5 Å². The fourth-order valence-electron chi connectivity index (χ4n) is 1.92. The van der Waals surface area contributed by atoms with Crippen molar-refractivity contribution in [3.8, 4) is 5.69 Å². The van der Waals surface area contributed by atoms with Crippen LogP contribution in [-0.4, -0.2) is 61.4 Å². The molecule has 1 aliphatic rings. The first kappa shape index (κ1) is 13.6. The standard InChI is InChI=1S/C12H12N6O2S/c1-16-7-10(19)17(12(16)20)8-21-11-13-14-15-18(11)9-5-3-2-4-6-9/h2-6H,7-8H2,1H3. The average Bonchev–Trinajstić information content (AvgIpc) is 3.04. The zero-order chi connectivity index (χ0) is 14.8. The molecule has 2 aromatic rings. The van der Waals surface area contributed by atoms with Crippen LogP contribution in [0.25, 0.3) is 5.69 Å². The third-order valence-electron chi connectivity index (χ3n) is 3.00. The highest BCUT2D eigenvalue weighted by molar-refractivity contribution is 7.99. The number of aromatic nitrogens is 4. The van der Waals surface area contributed by atoms with Crippen LogP contribution in [0.4, 0.5) is 4.79 Å². The minimum absolute atomic E-state index is 0.114. The van der Waals surface area contributed by atoms with Gasteiger partial charge < -0.3 is 4.90 Å². The molecule has 0 bridgehead atoms. The Labute approximate surface area is 124 Å². The maximum atomic E-state index is 11.8. The SMILES string of the molecule is CN1CC(=O)N(CSc2nnnn2-c2ccccc2)C1=O. The van der Waals surface area contributed by atoms with Crippen LogP contribution < -0.4 is 0 Å². The fraction of sp³-hybridized carbons (Fsp3) is 0.250. The largest absolute Gasteiger partial charge is 0.327 e. The molecule has 0 aliphatic carbocycles. The van der Waals surface area contributed by atoms with Gasteiger partial charge in [-0.1, -0.05) is 30.0 Å². The number of amides is 3. The van der Waals surface area contributed by atoms with E-state index in [1.54, 1.807) is 11.7 Å². The van der Waals surface area contributed by atoms with Gasteiger partial charge in [-0.25, -0.2) is 4.79 Å². The predicted octanol–water partition coefficient (Wildman–Crippen LogP) is 0.606. The summed E-state index contributed by atoms with van der Waals surface area (Å²) >= 11 is 1.24. The summed E-state index contributed by atoms with van der Waals surface area (Å²) < 4.78 is 1.57. The molecule has 8 nitrogen and oxygen atoms in total. The minimum atomic E-state index is -0.300. The summed E-state index contributed by atoms with van der Waals surface area (Å²) in [5.41, 5.74) is 0.821. The predicted molar refractivity (Wildman–Crippen MR) is 74.8 cm³/mol. The highest BCUT2D eigenvalue weighted by Crippen LogP contribution is 2.21. The number of tetrazole rings is 1. The summed E-state index contributed by atoms with van der Waals surface area (Å²) in [6.45, 7) is 0.114. The number of carbonyl (C=O) groups excluding carboxylic acids is 2. The molecule has 108 valence electrons. The molecule has 1 aromatic heterocycles. The molecule has 0 radical (unpaired) electrons. The maximum absolute atomic E-state index is 11.8. The molecule has 0 atom stereocenters. The van der Waals surface area contributed by atoms with Gasteiger partial charge in [-0.3, -0.25) is 9.69 Å². The zero-order valence-electron chi connectivity index (χ0n) is 11.2. The lowest BCUT2D eigenvalue weighted by Gasteiger charge is -2.12. The molecule has 1 fully saturated rings. The Bertz CT molecular complexity index is 673. The number of nitrogens with zero attached hydrogens (tertiary/aromatic N) is 6. The van der Waals surface area contributed by atoms with Gasteiger partial charge in [-0.2, -0.15) is 4.68 Å². The third-order valence-corrected chi connectivity index (χ3v) is 3.90. The number of hydrogen-bond acceptors (Lipinski definition) is 6. The Kier molecular flexibility index (Phi) is 3.57. The van der Waals surface area contributed by atoms with Crippen LogP contribution in [0.2, 0.25) is 0 Å². The molecule has 1 saturated heterocycles. The molecule has 9 heteroatoms. The molecule has 0 saturated carbocycles. The fourth-order valence-corrected chi connectivity index (χ4v) is 2.78. The summed E-state index contributed by atoms with van der Waals surface area (Å²) in [5, 5.41) is 12.0. The molecule has 1 aromatic carbocycles. The molecule has 0 N–H and O–H groups in total. The summed E-state index contributed by atoms with van der Waals surface area (Å²) in [4.78, 5) is 26.1. The second kappa shape index (κ2) is 5.52. The van der Waals surface area contributed by atoms with Crippen LogP contribution >= 0.6 is 11.8 Å². The molecular formula is C12H12N6O2S. The van der Waals surface area contributed by atoms with Gasteiger partial charge in [-0.15, -0.1) is 5.10 Å². The van der Waals surface area contributed by atoms with Gasteiger partial charge in [0.25, 0.3) is 5.91 Å². The second-order valence-corrected chi connectivity index (χ2v) is 5.35. The lowest BCUT2D eigenvalue weighted by Crippen LogP contribution is -2.31. The van der Waals surface area contributed by atoms with Gasteiger partial charge >= 0.3 is 6.03 Å². The number of urea groups is 1. The van der Waals surface area contributed by atoms with E-state index in [9.17, 15) is 9.59 Å². The lowest BCUT2D eigenvalue weighted by atomic mass is 10.3. The van der Waals surface area contributed by atoms with Crippen molar-refractivity contribution in [1.82, 2.24) is 30.0 Å². The third kappa shape index (κ3) is 2.59. The van der Waals surface area contributed by atoms with Crippen molar-refractivity contribution >= 4 is 23.7 Å². The summed E-state index contributed by atoms with van der Waals surface area (Å²) in [7, 11) is 1.60. The van der Waals surface area contributed by atoms with E-state index >= 15 is 0 Å². The van der Waals surface area contributed by atoms with E-state index in [-0.39, 0.29) is 24.4 Å². The normalized spacial score (nSPS) is 15.1. The number of thioether (sulfide) groups is 1. The first-order chi connectivity index (χ1) is 10.2. The van der Waals surface area contributed by atoms with Gasteiger partial charge in [0.05, 0.1) is 11.6 Å². The topological polar surface area (TPSA) is 84.2 Å². The Balaban J connectivity index is 1.74. The number of imide groups is 1. The van der Waals surface area contributed by atoms with Crippen LogP contribution in [-0.2, 0) is 4.79 Å². The maximum Gasteiger partial charge on any atom is 0.327 e. The lowest BCUT2D eigenvalue weighted by molar-refractivity contribution is -0.124. The molecular weight excluding hydrogens is 292 g/mol. The van der Waals surface area contributed by atoms with Crippen LogP contribution in [0.5, 0.6) is 0 Å². The first-order valence-electron chi connectivity index (χ1n) is 6.19. The van der Waals surface area contributed by atoms with Crippen molar-refractivity contribution in [3.63, 3.8) is 0 Å². The molecule has 3 amide bonds. The number of rotatable bonds is 4. The Morgan fingerprint density at radius 1 is 1.24 bits per heavy atom. The van der Waals surface area contributed by atoms with Gasteiger partial charge in [-0.05, 0) is 22.6 Å². The van der Waals surface area contributed by atoms with Gasteiger partial charge in [0, 0.05) is 7.05 Å². The van der Waals surface area contributed by atoms with E-state index < -0.39 is 0 Å². The molecule has 0 spiro atoms. The van der Waals surface area contributed by atoms with Crippen molar-refractivity contribution in [2.45, 2.75) is 5.16 Å². The van der Waals surface area contributed by atoms with Gasteiger partial charge in [0.15, 0.2) is 0 Å². The van der Waals surface area contributed by atoms with E-state index in [0.717, 1.165) is 5.69 Å². The van der Waals surface area contributed by atoms with Crippen molar-refractivity contribution in [2.75, 3.05) is 19.5 Å². The highest BCUT2D eigenvalue weighted by atomic mass is 32.2. The van der Waals surface area contributed by atoms with Crippen molar-refractivity contribution in [2.24, 2.45) is 0 Å². The second-order valence-electron chi connectivity index (χ2n) is 4.44. The number of para-hydroxylation sites is 1. The number of likely N-dealkylation sites (N-methyl/N-ethyl adjacent to an activating group) is 1. The summed E-state index contributed by atoms with van der Waals surface area (Å²) in [6, 6.07) is 9.12. The smallest absolute Gasteiger partial charge is 0.318 e. The Hall–Kier alpha value is -2.42. The molecule has 2 heterocycles. The quantitative estimate of drug-likeness (QED) is 0.608. The van der Waals surface area contributed by atoms with Crippen molar-refractivity contribution in [3.05, 3.63) is 30.3 Å². The number of carbonyl (C=O) groups is 2.